The van der Waals surface area contributed by atoms with Crippen LogP contribution < -0.4 is 5.73 Å². The van der Waals surface area contributed by atoms with E-state index in [4.69, 9.17) is 5.73 Å². The number of hydrogen-bond acceptors (Lipinski definition) is 3. The average Bonchev–Trinajstić information content (AvgIpc) is 2.79. The summed E-state index contributed by atoms with van der Waals surface area (Å²) in [4.78, 5) is 16.8. The van der Waals surface area contributed by atoms with Crippen LogP contribution >= 0.6 is 11.3 Å². The Kier molecular flexibility index (Phi) is 6.01. The lowest BCUT2D eigenvalue weighted by atomic mass is 9.95. The Morgan fingerprint density at radius 2 is 2.00 bits per heavy atom. The maximum absolute atomic E-state index is 12.5. The number of thiophene rings is 1. The van der Waals surface area contributed by atoms with Gasteiger partial charge >= 0.3 is 0 Å². The van der Waals surface area contributed by atoms with E-state index in [0.29, 0.717) is 12.5 Å². The summed E-state index contributed by atoms with van der Waals surface area (Å²) in [6.07, 6.45) is 0.857. The molecule has 2 atom stereocenters. The molecule has 0 saturated heterocycles. The lowest BCUT2D eigenvalue weighted by Crippen LogP contribution is -2.38. The lowest BCUT2D eigenvalue weighted by molar-refractivity contribution is -0.136. The molecule has 3 nitrogen and oxygen atoms in total. The van der Waals surface area contributed by atoms with Gasteiger partial charge in [0.05, 0.1) is 12.0 Å². The van der Waals surface area contributed by atoms with Gasteiger partial charge in [0, 0.05) is 23.3 Å². The molecule has 108 valence electrons. The predicted molar refractivity (Wildman–Crippen MR) is 82.2 cm³/mol. The van der Waals surface area contributed by atoms with E-state index in [9.17, 15) is 4.79 Å². The van der Waals surface area contributed by atoms with Crippen LogP contribution in [-0.2, 0) is 4.79 Å². The summed E-state index contributed by atoms with van der Waals surface area (Å²) >= 11 is 1.75. The van der Waals surface area contributed by atoms with Crippen molar-refractivity contribution >= 4 is 17.2 Å². The molecule has 2 unspecified atom stereocenters. The highest BCUT2D eigenvalue weighted by molar-refractivity contribution is 7.12. The van der Waals surface area contributed by atoms with Gasteiger partial charge in [-0.05, 0) is 38.3 Å². The van der Waals surface area contributed by atoms with Gasteiger partial charge in [0.2, 0.25) is 5.91 Å². The van der Waals surface area contributed by atoms with Crippen LogP contribution in [0.4, 0.5) is 0 Å². The van der Waals surface area contributed by atoms with Crippen LogP contribution in [0.3, 0.4) is 0 Å². The zero-order valence-corrected chi connectivity index (χ0v) is 13.5. The number of hydrogen-bond donors (Lipinski definition) is 1. The third-order valence-electron chi connectivity index (χ3n) is 3.49. The fraction of sp³-hybridized carbons (Fsp3) is 0.667. The first-order valence-electron chi connectivity index (χ1n) is 6.89. The number of carbonyl (C=O) groups is 1. The quantitative estimate of drug-likeness (QED) is 0.871. The van der Waals surface area contributed by atoms with Crippen LogP contribution in [0.25, 0.3) is 0 Å². The van der Waals surface area contributed by atoms with Crippen LogP contribution in [0, 0.1) is 18.8 Å². The molecule has 0 saturated carbocycles. The average molecular weight is 282 g/mol. The number of carbonyl (C=O) groups excluding carboxylic acids is 1. The summed E-state index contributed by atoms with van der Waals surface area (Å²) in [6, 6.07) is 4.32. The van der Waals surface area contributed by atoms with E-state index in [2.05, 4.69) is 39.8 Å². The van der Waals surface area contributed by atoms with E-state index >= 15 is 0 Å². The Morgan fingerprint density at radius 3 is 2.42 bits per heavy atom. The summed E-state index contributed by atoms with van der Waals surface area (Å²) in [6.45, 7) is 8.85. The fourth-order valence-electron chi connectivity index (χ4n) is 2.21. The van der Waals surface area contributed by atoms with Crippen molar-refractivity contribution in [3.8, 4) is 0 Å². The molecule has 0 fully saturated rings. The number of rotatable bonds is 6. The van der Waals surface area contributed by atoms with Crippen molar-refractivity contribution in [2.24, 2.45) is 17.6 Å². The van der Waals surface area contributed by atoms with E-state index in [1.807, 2.05) is 11.9 Å². The second-order valence-electron chi connectivity index (χ2n) is 5.64. The highest BCUT2D eigenvalue weighted by Crippen LogP contribution is 2.27. The van der Waals surface area contributed by atoms with Gasteiger partial charge < -0.3 is 10.6 Å². The maximum atomic E-state index is 12.5. The van der Waals surface area contributed by atoms with Gasteiger partial charge in [-0.1, -0.05) is 13.8 Å². The minimum atomic E-state index is -0.0616. The second kappa shape index (κ2) is 7.06. The monoisotopic (exact) mass is 282 g/mol. The van der Waals surface area contributed by atoms with Crippen LogP contribution in [0.5, 0.6) is 0 Å². The van der Waals surface area contributed by atoms with Crippen molar-refractivity contribution in [2.45, 2.75) is 40.2 Å². The first kappa shape index (κ1) is 16.2. The number of amides is 1. The third-order valence-corrected chi connectivity index (χ3v) is 4.66. The van der Waals surface area contributed by atoms with Crippen molar-refractivity contribution in [3.05, 3.63) is 21.9 Å². The Bertz CT molecular complexity index is 414. The predicted octanol–water partition coefficient (Wildman–Crippen LogP) is 3.20. The van der Waals surface area contributed by atoms with Gasteiger partial charge in [0.1, 0.15) is 0 Å². The van der Waals surface area contributed by atoms with E-state index in [-0.39, 0.29) is 17.9 Å². The molecule has 4 heteroatoms. The molecule has 0 aliphatic rings. The molecule has 0 aliphatic heterocycles. The third kappa shape index (κ3) is 4.32. The van der Waals surface area contributed by atoms with E-state index in [0.717, 1.165) is 6.42 Å². The SMILES string of the molecule is Cc1ccc(C(C)N(C)C(=O)C(CN)CC(C)C)s1. The molecular weight excluding hydrogens is 256 g/mol. The molecule has 1 rings (SSSR count). The number of nitrogens with two attached hydrogens (primary N) is 1. The van der Waals surface area contributed by atoms with Gasteiger partial charge in [-0.2, -0.15) is 0 Å². The highest BCUT2D eigenvalue weighted by atomic mass is 32.1. The first-order valence-corrected chi connectivity index (χ1v) is 7.71. The molecule has 1 aromatic rings. The van der Waals surface area contributed by atoms with Crippen LogP contribution in [0.1, 0.15) is 43.0 Å². The van der Waals surface area contributed by atoms with Crippen molar-refractivity contribution in [1.29, 1.82) is 0 Å². The van der Waals surface area contributed by atoms with Crippen LogP contribution in [-0.4, -0.2) is 24.4 Å². The molecule has 0 spiro atoms. The van der Waals surface area contributed by atoms with Gasteiger partial charge in [-0.25, -0.2) is 0 Å². The summed E-state index contributed by atoms with van der Waals surface area (Å²) in [5, 5.41) is 0. The van der Waals surface area contributed by atoms with Crippen LogP contribution in [0.15, 0.2) is 12.1 Å². The zero-order valence-electron chi connectivity index (χ0n) is 12.6. The topological polar surface area (TPSA) is 46.3 Å². The summed E-state index contributed by atoms with van der Waals surface area (Å²) in [5.41, 5.74) is 5.76. The van der Waals surface area contributed by atoms with Gasteiger partial charge in [-0.3, -0.25) is 4.79 Å². The molecule has 1 amide bonds. The standard InChI is InChI=1S/C15H26N2OS/c1-10(2)8-13(9-16)15(18)17(5)12(4)14-7-6-11(3)19-14/h6-7,10,12-13H,8-9,16H2,1-5H3. The Labute approximate surface area is 120 Å². The molecule has 0 bridgehead atoms. The zero-order chi connectivity index (χ0) is 14.6. The van der Waals surface area contributed by atoms with E-state index in [1.54, 1.807) is 11.3 Å². The molecule has 1 heterocycles. The van der Waals surface area contributed by atoms with Crippen molar-refractivity contribution in [2.75, 3.05) is 13.6 Å². The molecule has 2 N–H and O–H groups in total. The lowest BCUT2D eigenvalue weighted by Gasteiger charge is -2.28. The first-order chi connectivity index (χ1) is 8.86. The largest absolute Gasteiger partial charge is 0.338 e. The van der Waals surface area contributed by atoms with Gasteiger partial charge in [-0.15, -0.1) is 11.3 Å². The smallest absolute Gasteiger partial charge is 0.227 e. The number of aryl methyl sites for hydroxylation is 1. The highest BCUT2D eigenvalue weighted by Gasteiger charge is 2.25. The van der Waals surface area contributed by atoms with Crippen molar-refractivity contribution < 1.29 is 4.79 Å². The van der Waals surface area contributed by atoms with Crippen molar-refractivity contribution in [1.82, 2.24) is 4.90 Å². The molecule has 19 heavy (non-hydrogen) atoms. The summed E-state index contributed by atoms with van der Waals surface area (Å²) in [5.74, 6) is 0.591. The molecular formula is C15H26N2OS. The Hall–Kier alpha value is -0.870. The Balaban J connectivity index is 2.74. The van der Waals surface area contributed by atoms with Gasteiger partial charge in [0.25, 0.3) is 0 Å². The normalized spacial score (nSPS) is 14.5. The van der Waals surface area contributed by atoms with Gasteiger partial charge in [0.15, 0.2) is 0 Å². The Morgan fingerprint density at radius 1 is 1.37 bits per heavy atom. The van der Waals surface area contributed by atoms with Crippen LogP contribution in [0.2, 0.25) is 0 Å². The van der Waals surface area contributed by atoms with E-state index in [1.165, 1.54) is 9.75 Å². The van der Waals surface area contributed by atoms with E-state index < -0.39 is 0 Å². The fourth-order valence-corrected chi connectivity index (χ4v) is 3.19. The number of nitrogens with zero attached hydrogens (tertiary/aromatic N) is 1. The molecule has 0 aromatic carbocycles. The minimum Gasteiger partial charge on any atom is -0.338 e. The maximum Gasteiger partial charge on any atom is 0.227 e. The molecule has 1 aromatic heterocycles. The summed E-state index contributed by atoms with van der Waals surface area (Å²) in [7, 11) is 1.88. The second-order valence-corrected chi connectivity index (χ2v) is 6.96. The molecule has 0 radical (unpaired) electrons. The van der Waals surface area contributed by atoms with Crippen molar-refractivity contribution in [3.63, 3.8) is 0 Å². The minimum absolute atomic E-state index is 0.0616. The summed E-state index contributed by atoms with van der Waals surface area (Å²) < 4.78 is 0. The molecule has 0 aliphatic carbocycles.